The normalized spacial score (nSPS) is 16.5. The van der Waals surface area contributed by atoms with Crippen molar-refractivity contribution >= 4 is 11.4 Å². The number of rotatable bonds is 14. The zero-order chi connectivity index (χ0) is 30.8. The van der Waals surface area contributed by atoms with E-state index in [-0.39, 0.29) is 0 Å². The fourth-order valence-corrected chi connectivity index (χ4v) is 6.61. The Bertz CT molecular complexity index is 1430. The molecule has 0 saturated carbocycles. The van der Waals surface area contributed by atoms with E-state index in [0.717, 1.165) is 120 Å². The molecule has 4 heterocycles. The minimum atomic E-state index is 0.891. The third-order valence-corrected chi connectivity index (χ3v) is 9.45. The number of hydrogen-bond donors (Lipinski definition) is 0. The Balaban J connectivity index is 0.842. The number of benzene rings is 2. The number of aryl methyl sites for hydroxylation is 6. The summed E-state index contributed by atoms with van der Waals surface area (Å²) in [7, 11) is 0. The SMILES string of the molecule is Cc1ccc(N2CCN(CCCc3cc(CCc4ccc(N5CCN(CCCCc6cc(C)on6)CC5)cc4)on3)CC2)cc1. The molecule has 8 nitrogen and oxygen atoms in total. The van der Waals surface area contributed by atoms with Crippen molar-refractivity contribution in [3.05, 3.63) is 94.7 Å². The van der Waals surface area contributed by atoms with Gasteiger partial charge in [-0.05, 0) is 95.3 Å². The smallest absolute Gasteiger partial charge is 0.137 e. The van der Waals surface area contributed by atoms with Crippen molar-refractivity contribution in [1.82, 2.24) is 20.1 Å². The number of aromatic nitrogens is 2. The van der Waals surface area contributed by atoms with Gasteiger partial charge in [-0.1, -0.05) is 40.1 Å². The van der Waals surface area contributed by atoms with E-state index in [1.54, 1.807) is 0 Å². The molecule has 240 valence electrons. The lowest BCUT2D eigenvalue weighted by molar-refractivity contribution is 0.252. The highest BCUT2D eigenvalue weighted by atomic mass is 16.5. The quantitative estimate of drug-likeness (QED) is 0.162. The lowest BCUT2D eigenvalue weighted by Crippen LogP contribution is -2.46. The largest absolute Gasteiger partial charge is 0.369 e. The van der Waals surface area contributed by atoms with E-state index >= 15 is 0 Å². The average Bonchev–Trinajstić information content (AvgIpc) is 3.72. The Morgan fingerprint density at radius 2 is 1.11 bits per heavy atom. The van der Waals surface area contributed by atoms with Crippen LogP contribution in [0.1, 0.15) is 53.3 Å². The molecule has 2 fully saturated rings. The number of piperazine rings is 2. The molecule has 45 heavy (non-hydrogen) atoms. The molecule has 0 spiro atoms. The van der Waals surface area contributed by atoms with E-state index in [1.807, 2.05) is 13.0 Å². The highest BCUT2D eigenvalue weighted by Crippen LogP contribution is 2.20. The second kappa shape index (κ2) is 15.6. The maximum absolute atomic E-state index is 5.70. The first-order valence-electron chi connectivity index (χ1n) is 17.0. The van der Waals surface area contributed by atoms with Crippen LogP contribution in [0.4, 0.5) is 11.4 Å². The zero-order valence-corrected chi connectivity index (χ0v) is 27.3. The Labute approximate surface area is 268 Å². The van der Waals surface area contributed by atoms with Crippen molar-refractivity contribution in [3.8, 4) is 0 Å². The van der Waals surface area contributed by atoms with Gasteiger partial charge in [-0.3, -0.25) is 9.80 Å². The lowest BCUT2D eigenvalue weighted by Gasteiger charge is -2.36. The molecule has 0 unspecified atom stereocenters. The molecule has 2 aromatic heterocycles. The second-order valence-electron chi connectivity index (χ2n) is 12.9. The molecule has 2 aromatic carbocycles. The Kier molecular flexibility index (Phi) is 10.9. The first kappa shape index (κ1) is 31.4. The van der Waals surface area contributed by atoms with Crippen molar-refractivity contribution in [2.45, 2.75) is 58.8 Å². The number of hydrogen-bond acceptors (Lipinski definition) is 8. The molecular weight excluding hydrogens is 560 g/mol. The summed E-state index contributed by atoms with van der Waals surface area (Å²) in [5, 5.41) is 8.48. The summed E-state index contributed by atoms with van der Waals surface area (Å²) < 4.78 is 10.9. The minimum absolute atomic E-state index is 0.891. The van der Waals surface area contributed by atoms with Gasteiger partial charge in [-0.15, -0.1) is 0 Å². The maximum Gasteiger partial charge on any atom is 0.137 e. The standard InChI is InChI=1S/C37H50N6O2/c1-30-8-13-35(14-9-30)42-26-22-41(23-27-42)19-5-7-34-29-37(45-39-34)17-12-32-10-15-36(16-11-32)43-24-20-40(21-25-43)18-4-3-6-33-28-31(2)44-38-33/h8-11,13-16,28-29H,3-7,12,17-27H2,1-2H3. The fourth-order valence-electron chi connectivity index (χ4n) is 6.61. The van der Waals surface area contributed by atoms with Crippen LogP contribution >= 0.6 is 0 Å². The minimum Gasteiger partial charge on any atom is -0.369 e. The molecule has 0 N–H and O–H groups in total. The van der Waals surface area contributed by atoms with Crippen LogP contribution in [-0.2, 0) is 25.7 Å². The van der Waals surface area contributed by atoms with Crippen LogP contribution in [0.3, 0.4) is 0 Å². The van der Waals surface area contributed by atoms with E-state index < -0.39 is 0 Å². The fraction of sp³-hybridized carbons (Fsp3) is 0.514. The molecule has 0 bridgehead atoms. The van der Waals surface area contributed by atoms with Crippen LogP contribution in [0.25, 0.3) is 0 Å². The maximum atomic E-state index is 5.70. The van der Waals surface area contributed by atoms with Gasteiger partial charge in [0.2, 0.25) is 0 Å². The van der Waals surface area contributed by atoms with Crippen LogP contribution in [-0.4, -0.2) is 85.6 Å². The molecule has 0 radical (unpaired) electrons. The van der Waals surface area contributed by atoms with Gasteiger partial charge in [0, 0.05) is 82.3 Å². The molecule has 2 saturated heterocycles. The summed E-state index contributed by atoms with van der Waals surface area (Å²) in [5.74, 6) is 1.90. The van der Waals surface area contributed by atoms with Gasteiger partial charge in [0.05, 0.1) is 11.4 Å². The number of unbranched alkanes of at least 4 members (excludes halogenated alkanes) is 1. The summed E-state index contributed by atoms with van der Waals surface area (Å²) in [6, 6.07) is 22.3. The summed E-state index contributed by atoms with van der Waals surface area (Å²) >= 11 is 0. The Hall–Kier alpha value is -3.62. The highest BCUT2D eigenvalue weighted by Gasteiger charge is 2.18. The summed E-state index contributed by atoms with van der Waals surface area (Å²) in [4.78, 5) is 10.2. The molecule has 2 aliphatic heterocycles. The monoisotopic (exact) mass is 610 g/mol. The van der Waals surface area contributed by atoms with Crippen molar-refractivity contribution < 1.29 is 9.05 Å². The number of anilines is 2. The zero-order valence-electron chi connectivity index (χ0n) is 27.3. The van der Waals surface area contributed by atoms with E-state index in [0.29, 0.717) is 0 Å². The van der Waals surface area contributed by atoms with E-state index in [2.05, 4.69) is 91.4 Å². The number of nitrogens with zero attached hydrogens (tertiary/aromatic N) is 6. The molecule has 0 aliphatic carbocycles. The lowest BCUT2D eigenvalue weighted by atomic mass is 10.1. The van der Waals surface area contributed by atoms with Crippen LogP contribution in [0.2, 0.25) is 0 Å². The van der Waals surface area contributed by atoms with Gasteiger partial charge in [0.15, 0.2) is 0 Å². The van der Waals surface area contributed by atoms with Gasteiger partial charge < -0.3 is 18.8 Å². The third-order valence-electron chi connectivity index (χ3n) is 9.45. The molecular formula is C37H50N6O2. The topological polar surface area (TPSA) is 65.0 Å². The van der Waals surface area contributed by atoms with Gasteiger partial charge >= 0.3 is 0 Å². The van der Waals surface area contributed by atoms with Gasteiger partial charge in [0.25, 0.3) is 0 Å². The van der Waals surface area contributed by atoms with Crippen LogP contribution < -0.4 is 9.80 Å². The van der Waals surface area contributed by atoms with Crippen molar-refractivity contribution in [1.29, 1.82) is 0 Å². The Morgan fingerprint density at radius 3 is 1.73 bits per heavy atom. The van der Waals surface area contributed by atoms with E-state index in [9.17, 15) is 0 Å². The predicted octanol–water partition coefficient (Wildman–Crippen LogP) is 5.96. The van der Waals surface area contributed by atoms with E-state index in [1.165, 1.54) is 35.5 Å². The van der Waals surface area contributed by atoms with Gasteiger partial charge in [0.1, 0.15) is 11.5 Å². The summed E-state index contributed by atoms with van der Waals surface area (Å²) in [6.45, 7) is 15.3. The molecule has 0 atom stereocenters. The van der Waals surface area contributed by atoms with Crippen LogP contribution in [0.5, 0.6) is 0 Å². The van der Waals surface area contributed by atoms with E-state index in [4.69, 9.17) is 9.05 Å². The Morgan fingerprint density at radius 1 is 0.556 bits per heavy atom. The first-order valence-corrected chi connectivity index (χ1v) is 17.0. The second-order valence-corrected chi connectivity index (χ2v) is 12.9. The molecule has 4 aromatic rings. The summed E-state index contributed by atoms with van der Waals surface area (Å²) in [6.07, 6.45) is 7.35. The van der Waals surface area contributed by atoms with Gasteiger partial charge in [-0.25, -0.2) is 0 Å². The summed E-state index contributed by atoms with van der Waals surface area (Å²) in [5.41, 5.74) is 7.51. The molecule has 2 aliphatic rings. The first-order chi connectivity index (χ1) is 22.1. The molecule has 0 amide bonds. The highest BCUT2D eigenvalue weighted by molar-refractivity contribution is 5.49. The van der Waals surface area contributed by atoms with Gasteiger partial charge in [-0.2, -0.15) is 0 Å². The van der Waals surface area contributed by atoms with Crippen molar-refractivity contribution in [3.63, 3.8) is 0 Å². The molecule has 6 rings (SSSR count). The van der Waals surface area contributed by atoms with Crippen molar-refractivity contribution in [2.24, 2.45) is 0 Å². The van der Waals surface area contributed by atoms with Crippen LogP contribution in [0, 0.1) is 13.8 Å². The van der Waals surface area contributed by atoms with Crippen molar-refractivity contribution in [2.75, 3.05) is 75.2 Å². The molecule has 8 heteroatoms. The predicted molar refractivity (Wildman–Crippen MR) is 181 cm³/mol. The third kappa shape index (κ3) is 9.21. The van der Waals surface area contributed by atoms with Crippen LogP contribution in [0.15, 0.2) is 69.7 Å². The average molecular weight is 611 g/mol.